The number of aliphatic hydroxyl groups is 1. The number of rotatable bonds is 11. The molecule has 2 aromatic carbocycles. The molecule has 1 fully saturated rings. The van der Waals surface area contributed by atoms with Crippen LogP contribution in [0.5, 0.6) is 5.75 Å². The second kappa shape index (κ2) is 14.2. The van der Waals surface area contributed by atoms with Crippen molar-refractivity contribution in [2.75, 3.05) is 50.6 Å². The number of aliphatic imine (C=N–C) groups is 1. The predicted octanol–water partition coefficient (Wildman–Crippen LogP) is 4.58. The van der Waals surface area contributed by atoms with Crippen LogP contribution in [0.25, 0.3) is 0 Å². The van der Waals surface area contributed by atoms with Gasteiger partial charge in [-0.15, -0.1) is 0 Å². The number of aromatic nitrogens is 1. The Bertz CT molecular complexity index is 1360. The van der Waals surface area contributed by atoms with Crippen molar-refractivity contribution in [2.45, 2.75) is 25.5 Å². The number of aliphatic hydroxyl groups excluding tert-OH is 1. The first-order chi connectivity index (χ1) is 19.8. The summed E-state index contributed by atoms with van der Waals surface area (Å²) in [6, 6.07) is 9.85. The third-order valence-corrected chi connectivity index (χ3v) is 6.87. The number of carbonyl (C=O) groups is 1. The van der Waals surface area contributed by atoms with E-state index in [0.717, 1.165) is 17.8 Å². The van der Waals surface area contributed by atoms with Crippen molar-refractivity contribution in [1.29, 1.82) is 0 Å². The molecule has 10 nitrogen and oxygen atoms in total. The van der Waals surface area contributed by atoms with E-state index in [-0.39, 0.29) is 25.2 Å². The second-order valence-electron chi connectivity index (χ2n) is 9.30. The third-order valence-electron chi connectivity index (χ3n) is 6.57. The highest BCUT2D eigenvalue weighted by atomic mass is 35.5. The SMILES string of the molecule is CNc1ccn(CCOCCO)c1C(N)=Nc1ccc(OC2CCN(C(=O)Nc3c(F)cccc3F)CC2)c(Cl)c1. The number of benzene rings is 2. The van der Waals surface area contributed by atoms with Gasteiger partial charge in [0.15, 0.2) is 0 Å². The Kier molecular flexibility index (Phi) is 10.4. The molecule has 1 aliphatic heterocycles. The van der Waals surface area contributed by atoms with E-state index < -0.39 is 23.4 Å². The number of amidine groups is 1. The van der Waals surface area contributed by atoms with Gasteiger partial charge in [0.25, 0.3) is 0 Å². The lowest BCUT2D eigenvalue weighted by molar-refractivity contribution is 0.0870. The van der Waals surface area contributed by atoms with E-state index in [1.54, 1.807) is 25.2 Å². The number of ether oxygens (including phenoxy) is 2. The topological polar surface area (TPSA) is 126 Å². The zero-order valence-corrected chi connectivity index (χ0v) is 23.3. The molecule has 13 heteroatoms. The summed E-state index contributed by atoms with van der Waals surface area (Å²) in [7, 11) is 1.79. The van der Waals surface area contributed by atoms with Crippen molar-refractivity contribution >= 4 is 40.5 Å². The largest absolute Gasteiger partial charge is 0.489 e. The molecule has 0 unspecified atom stereocenters. The molecule has 0 saturated carbocycles. The van der Waals surface area contributed by atoms with Crippen molar-refractivity contribution in [1.82, 2.24) is 9.47 Å². The van der Waals surface area contributed by atoms with E-state index in [4.69, 9.17) is 31.9 Å². The lowest BCUT2D eigenvalue weighted by Crippen LogP contribution is -2.44. The zero-order valence-electron chi connectivity index (χ0n) is 22.6. The van der Waals surface area contributed by atoms with Crippen LogP contribution in [0.15, 0.2) is 53.7 Å². The van der Waals surface area contributed by atoms with Crippen LogP contribution in [-0.2, 0) is 11.3 Å². The minimum Gasteiger partial charge on any atom is -0.489 e. The molecule has 3 aromatic rings. The normalized spacial score (nSPS) is 14.3. The monoisotopic (exact) mass is 590 g/mol. The molecule has 4 rings (SSSR count). The second-order valence-corrected chi connectivity index (χ2v) is 9.71. The van der Waals surface area contributed by atoms with Crippen LogP contribution in [0.2, 0.25) is 5.02 Å². The van der Waals surface area contributed by atoms with Crippen molar-refractivity contribution in [3.05, 3.63) is 71.0 Å². The fraction of sp³-hybridized carbons (Fsp3) is 0.357. The lowest BCUT2D eigenvalue weighted by atomic mass is 10.1. The Morgan fingerprint density at radius 2 is 1.90 bits per heavy atom. The van der Waals surface area contributed by atoms with Crippen LogP contribution in [0.3, 0.4) is 0 Å². The molecular formula is C28H33ClF2N6O4. The van der Waals surface area contributed by atoms with Crippen molar-refractivity contribution in [3.63, 3.8) is 0 Å². The number of likely N-dealkylation sites (tertiary alicyclic amines) is 1. The van der Waals surface area contributed by atoms with Gasteiger partial charge in [0.05, 0.1) is 36.2 Å². The molecule has 220 valence electrons. The van der Waals surface area contributed by atoms with E-state index in [1.807, 2.05) is 16.8 Å². The summed E-state index contributed by atoms with van der Waals surface area (Å²) >= 11 is 6.51. The van der Waals surface area contributed by atoms with E-state index in [2.05, 4.69) is 15.6 Å². The Balaban J connectivity index is 1.35. The molecule has 41 heavy (non-hydrogen) atoms. The first kappa shape index (κ1) is 30.1. The number of urea groups is 1. The molecule has 1 saturated heterocycles. The average molecular weight is 591 g/mol. The molecule has 5 N–H and O–H groups in total. The Morgan fingerprint density at radius 3 is 2.56 bits per heavy atom. The molecule has 0 bridgehead atoms. The highest BCUT2D eigenvalue weighted by molar-refractivity contribution is 6.32. The number of piperidine rings is 1. The minimum atomic E-state index is -0.832. The molecule has 0 radical (unpaired) electrons. The molecule has 0 aliphatic carbocycles. The van der Waals surface area contributed by atoms with Crippen LogP contribution in [0, 0.1) is 11.6 Å². The highest BCUT2D eigenvalue weighted by Crippen LogP contribution is 2.32. The summed E-state index contributed by atoms with van der Waals surface area (Å²) in [6.45, 7) is 1.85. The average Bonchev–Trinajstić information content (AvgIpc) is 3.38. The summed E-state index contributed by atoms with van der Waals surface area (Å²) in [5.74, 6) is -0.907. The van der Waals surface area contributed by atoms with E-state index in [9.17, 15) is 13.6 Å². The van der Waals surface area contributed by atoms with Gasteiger partial charge in [0.2, 0.25) is 0 Å². The van der Waals surface area contributed by atoms with Crippen molar-refractivity contribution in [3.8, 4) is 5.75 Å². The number of amides is 2. The van der Waals surface area contributed by atoms with E-state index in [1.165, 1.54) is 11.0 Å². The van der Waals surface area contributed by atoms with Gasteiger partial charge in [0, 0.05) is 45.7 Å². The van der Waals surface area contributed by atoms with Gasteiger partial charge in [-0.3, -0.25) is 0 Å². The summed E-state index contributed by atoms with van der Waals surface area (Å²) in [6.07, 6.45) is 2.71. The van der Waals surface area contributed by atoms with Crippen LogP contribution in [0.4, 0.5) is 30.6 Å². The predicted molar refractivity (Wildman–Crippen MR) is 154 cm³/mol. The van der Waals surface area contributed by atoms with Crippen molar-refractivity contribution in [2.24, 2.45) is 10.7 Å². The van der Waals surface area contributed by atoms with Gasteiger partial charge in [-0.05, 0) is 36.4 Å². The number of anilines is 2. The molecule has 1 aliphatic rings. The first-order valence-electron chi connectivity index (χ1n) is 13.2. The van der Waals surface area contributed by atoms with E-state index >= 15 is 0 Å². The maximum absolute atomic E-state index is 13.9. The Hall–Kier alpha value is -3.87. The number of hydrogen-bond acceptors (Lipinski definition) is 6. The molecule has 0 atom stereocenters. The Morgan fingerprint density at radius 1 is 1.17 bits per heavy atom. The number of nitrogens with two attached hydrogens (primary N) is 1. The molecule has 2 amide bonds. The maximum Gasteiger partial charge on any atom is 0.322 e. The number of hydrogen-bond donors (Lipinski definition) is 4. The fourth-order valence-electron chi connectivity index (χ4n) is 4.48. The quantitative estimate of drug-likeness (QED) is 0.147. The first-order valence-corrected chi connectivity index (χ1v) is 13.5. The number of halogens is 3. The summed E-state index contributed by atoms with van der Waals surface area (Å²) in [4.78, 5) is 18.6. The van der Waals surface area contributed by atoms with Gasteiger partial charge in [0.1, 0.15) is 40.7 Å². The number of nitrogens with zero attached hydrogens (tertiary/aromatic N) is 3. The smallest absolute Gasteiger partial charge is 0.322 e. The van der Waals surface area contributed by atoms with Crippen LogP contribution in [0.1, 0.15) is 18.5 Å². The van der Waals surface area contributed by atoms with Gasteiger partial charge < -0.3 is 40.4 Å². The number of carbonyl (C=O) groups excluding carboxylic acids is 1. The standard InChI is InChI=1S/C28H33ClF2N6O4/c1-33-23-9-12-36(13-15-40-16-14-38)26(23)27(32)34-18-5-6-24(20(29)17-18)41-19-7-10-37(11-8-19)28(39)35-25-21(30)3-2-4-22(25)31/h2-6,9,12,17,19,33,38H,7-8,10-11,13-16H2,1H3,(H2,32,34)(H,35,39). The van der Waals surface area contributed by atoms with Gasteiger partial charge in [-0.1, -0.05) is 17.7 Å². The Labute approximate surface area is 241 Å². The van der Waals surface area contributed by atoms with E-state index in [0.29, 0.717) is 61.2 Å². The fourth-order valence-corrected chi connectivity index (χ4v) is 4.70. The van der Waals surface area contributed by atoms with Crippen LogP contribution >= 0.6 is 11.6 Å². The highest BCUT2D eigenvalue weighted by Gasteiger charge is 2.26. The number of para-hydroxylation sites is 1. The summed E-state index contributed by atoms with van der Waals surface area (Å²) in [5, 5.41) is 14.7. The minimum absolute atomic E-state index is 0.0416. The zero-order chi connectivity index (χ0) is 29.4. The van der Waals surface area contributed by atoms with Gasteiger partial charge >= 0.3 is 6.03 Å². The molecular weight excluding hydrogens is 558 g/mol. The molecule has 1 aromatic heterocycles. The van der Waals surface area contributed by atoms with Crippen LogP contribution in [-0.4, -0.2) is 72.5 Å². The van der Waals surface area contributed by atoms with Crippen LogP contribution < -0.4 is 21.1 Å². The molecule has 2 heterocycles. The van der Waals surface area contributed by atoms with Gasteiger partial charge in [-0.25, -0.2) is 18.6 Å². The summed E-state index contributed by atoms with van der Waals surface area (Å²) in [5.41, 5.74) is 7.95. The maximum atomic E-state index is 13.9. The van der Waals surface area contributed by atoms with Crippen molar-refractivity contribution < 1.29 is 28.2 Å². The number of nitrogens with one attached hydrogen (secondary N) is 2. The molecule has 0 spiro atoms. The lowest BCUT2D eigenvalue weighted by Gasteiger charge is -2.32. The van der Waals surface area contributed by atoms with Gasteiger partial charge in [-0.2, -0.15) is 0 Å². The summed E-state index contributed by atoms with van der Waals surface area (Å²) < 4.78 is 41.1. The third kappa shape index (κ3) is 7.66.